The summed E-state index contributed by atoms with van der Waals surface area (Å²) in [5.74, 6) is 0.855. The maximum atomic E-state index is 12.4. The van der Waals surface area contributed by atoms with Gasteiger partial charge in [-0.15, -0.1) is 0 Å². The van der Waals surface area contributed by atoms with Crippen LogP contribution in [0.1, 0.15) is 5.56 Å². The third-order valence-corrected chi connectivity index (χ3v) is 4.57. The number of nitrogens with zero attached hydrogens (tertiary/aromatic N) is 2. The number of rotatable bonds is 4. The molecule has 3 rings (SSSR count). The number of piperazine rings is 1. The van der Waals surface area contributed by atoms with Crippen molar-refractivity contribution in [1.82, 2.24) is 4.90 Å². The van der Waals surface area contributed by atoms with E-state index in [1.54, 1.807) is 13.2 Å². The van der Waals surface area contributed by atoms with Gasteiger partial charge in [-0.2, -0.15) is 0 Å². The van der Waals surface area contributed by atoms with Crippen molar-refractivity contribution in [2.24, 2.45) is 0 Å². The Bertz CT molecular complexity index is 733. The van der Waals surface area contributed by atoms with Crippen LogP contribution < -0.4 is 9.64 Å². The van der Waals surface area contributed by atoms with Gasteiger partial charge in [-0.1, -0.05) is 23.7 Å². The van der Waals surface area contributed by atoms with Gasteiger partial charge in [0.25, 0.3) is 0 Å². The standard InChI is InChI=1S/C20H21ClN2O2/c1-25-19-9-2-16(3-10-19)4-11-20(24)23-14-12-22(13-15-23)18-7-5-17(21)6-8-18/h2-11H,12-15H2,1H3. The molecule has 0 spiro atoms. The van der Waals surface area contributed by atoms with E-state index >= 15 is 0 Å². The van der Waals surface area contributed by atoms with Crippen LogP contribution in [0.4, 0.5) is 5.69 Å². The SMILES string of the molecule is COc1ccc(C=CC(=O)N2CCN(c3ccc(Cl)cc3)CC2)cc1. The number of carbonyl (C=O) groups is 1. The number of amides is 1. The van der Waals surface area contributed by atoms with Crippen molar-refractivity contribution in [1.29, 1.82) is 0 Å². The zero-order valence-electron chi connectivity index (χ0n) is 14.2. The fourth-order valence-corrected chi connectivity index (χ4v) is 2.95. The molecule has 2 aromatic rings. The highest BCUT2D eigenvalue weighted by Crippen LogP contribution is 2.19. The molecule has 0 aliphatic carbocycles. The summed E-state index contributed by atoms with van der Waals surface area (Å²) in [5, 5.41) is 0.737. The molecule has 130 valence electrons. The largest absolute Gasteiger partial charge is 0.497 e. The molecule has 1 heterocycles. The number of hydrogen-bond donors (Lipinski definition) is 0. The van der Waals surface area contributed by atoms with Gasteiger partial charge in [-0.25, -0.2) is 0 Å². The summed E-state index contributed by atoms with van der Waals surface area (Å²) < 4.78 is 5.13. The lowest BCUT2D eigenvalue weighted by molar-refractivity contribution is -0.126. The van der Waals surface area contributed by atoms with Gasteiger partial charge >= 0.3 is 0 Å². The van der Waals surface area contributed by atoms with Gasteiger partial charge in [0.2, 0.25) is 5.91 Å². The van der Waals surface area contributed by atoms with Crippen molar-refractivity contribution < 1.29 is 9.53 Å². The smallest absolute Gasteiger partial charge is 0.246 e. The van der Waals surface area contributed by atoms with Crippen molar-refractivity contribution in [2.75, 3.05) is 38.2 Å². The van der Waals surface area contributed by atoms with E-state index < -0.39 is 0 Å². The average Bonchev–Trinajstić information content (AvgIpc) is 2.67. The van der Waals surface area contributed by atoms with Gasteiger partial charge in [0.15, 0.2) is 0 Å². The molecule has 1 aliphatic heterocycles. The average molecular weight is 357 g/mol. The fourth-order valence-electron chi connectivity index (χ4n) is 2.82. The van der Waals surface area contributed by atoms with Crippen LogP contribution in [0.15, 0.2) is 54.6 Å². The first-order valence-corrected chi connectivity index (χ1v) is 8.65. The molecule has 0 saturated carbocycles. The minimum Gasteiger partial charge on any atom is -0.497 e. The monoisotopic (exact) mass is 356 g/mol. The van der Waals surface area contributed by atoms with Gasteiger partial charge in [-0.3, -0.25) is 4.79 Å². The normalized spacial score (nSPS) is 14.8. The first-order chi connectivity index (χ1) is 12.2. The first-order valence-electron chi connectivity index (χ1n) is 8.27. The molecule has 1 amide bonds. The summed E-state index contributed by atoms with van der Waals surface area (Å²) in [7, 11) is 1.64. The maximum Gasteiger partial charge on any atom is 0.246 e. The van der Waals surface area contributed by atoms with Crippen LogP contribution in [-0.2, 0) is 4.79 Å². The van der Waals surface area contributed by atoms with Crippen molar-refractivity contribution in [3.8, 4) is 5.75 Å². The van der Waals surface area contributed by atoms with Crippen molar-refractivity contribution in [2.45, 2.75) is 0 Å². The fraction of sp³-hybridized carbons (Fsp3) is 0.250. The Morgan fingerprint density at radius 2 is 1.64 bits per heavy atom. The van der Waals surface area contributed by atoms with E-state index in [0.717, 1.165) is 35.1 Å². The summed E-state index contributed by atoms with van der Waals surface area (Å²) in [6, 6.07) is 15.5. The Morgan fingerprint density at radius 1 is 1.00 bits per heavy atom. The summed E-state index contributed by atoms with van der Waals surface area (Å²) in [6.07, 6.45) is 3.48. The third kappa shape index (κ3) is 4.54. The lowest BCUT2D eigenvalue weighted by atomic mass is 10.2. The Morgan fingerprint density at radius 3 is 2.24 bits per heavy atom. The molecule has 0 unspecified atom stereocenters. The van der Waals surface area contributed by atoms with E-state index in [1.807, 2.05) is 59.5 Å². The summed E-state index contributed by atoms with van der Waals surface area (Å²) in [4.78, 5) is 16.5. The molecule has 0 aromatic heterocycles. The van der Waals surface area contributed by atoms with E-state index in [-0.39, 0.29) is 5.91 Å². The Labute approximate surface area is 153 Å². The molecule has 0 radical (unpaired) electrons. The van der Waals surface area contributed by atoms with Crippen LogP contribution in [0.3, 0.4) is 0 Å². The van der Waals surface area contributed by atoms with Crippen molar-refractivity contribution in [3.05, 3.63) is 65.2 Å². The van der Waals surface area contributed by atoms with E-state index in [1.165, 1.54) is 0 Å². The first kappa shape index (κ1) is 17.4. The highest BCUT2D eigenvalue weighted by atomic mass is 35.5. The molecule has 1 aliphatic rings. The number of anilines is 1. The van der Waals surface area contributed by atoms with Gasteiger partial charge in [-0.05, 0) is 48.0 Å². The van der Waals surface area contributed by atoms with Crippen LogP contribution in [0.25, 0.3) is 6.08 Å². The number of methoxy groups -OCH3 is 1. The molecule has 1 saturated heterocycles. The number of ether oxygens (including phenoxy) is 1. The molecule has 25 heavy (non-hydrogen) atoms. The second kappa shape index (κ2) is 8.08. The second-order valence-electron chi connectivity index (χ2n) is 5.90. The number of halogens is 1. The molecule has 5 heteroatoms. The third-order valence-electron chi connectivity index (χ3n) is 4.32. The highest BCUT2D eigenvalue weighted by molar-refractivity contribution is 6.30. The van der Waals surface area contributed by atoms with Crippen LogP contribution in [-0.4, -0.2) is 44.1 Å². The summed E-state index contributed by atoms with van der Waals surface area (Å²) in [5.41, 5.74) is 2.12. The maximum absolute atomic E-state index is 12.4. The topological polar surface area (TPSA) is 32.8 Å². The van der Waals surface area contributed by atoms with Crippen LogP contribution in [0.2, 0.25) is 5.02 Å². The number of hydrogen-bond acceptors (Lipinski definition) is 3. The number of carbonyl (C=O) groups excluding carboxylic acids is 1. The molecule has 0 N–H and O–H groups in total. The zero-order chi connectivity index (χ0) is 17.6. The predicted molar refractivity (Wildman–Crippen MR) is 102 cm³/mol. The van der Waals surface area contributed by atoms with Gasteiger partial charge in [0.1, 0.15) is 5.75 Å². The minimum atomic E-state index is 0.0478. The Kier molecular flexibility index (Phi) is 5.61. The zero-order valence-corrected chi connectivity index (χ0v) is 14.9. The van der Waals surface area contributed by atoms with Crippen LogP contribution in [0.5, 0.6) is 5.75 Å². The summed E-state index contributed by atoms with van der Waals surface area (Å²) >= 11 is 5.93. The van der Waals surface area contributed by atoms with Gasteiger partial charge < -0.3 is 14.5 Å². The lowest BCUT2D eigenvalue weighted by Gasteiger charge is -2.35. The number of benzene rings is 2. The second-order valence-corrected chi connectivity index (χ2v) is 6.33. The Hall–Kier alpha value is -2.46. The van der Waals surface area contributed by atoms with Gasteiger partial charge in [0.05, 0.1) is 7.11 Å². The molecule has 2 aromatic carbocycles. The molecule has 0 bridgehead atoms. The lowest BCUT2D eigenvalue weighted by Crippen LogP contribution is -2.48. The van der Waals surface area contributed by atoms with Crippen LogP contribution >= 0.6 is 11.6 Å². The molecular formula is C20H21ClN2O2. The molecular weight excluding hydrogens is 336 g/mol. The summed E-state index contributed by atoms with van der Waals surface area (Å²) in [6.45, 7) is 3.08. The van der Waals surface area contributed by atoms with E-state index in [4.69, 9.17) is 16.3 Å². The van der Waals surface area contributed by atoms with Crippen molar-refractivity contribution in [3.63, 3.8) is 0 Å². The highest BCUT2D eigenvalue weighted by Gasteiger charge is 2.19. The molecule has 0 atom stereocenters. The molecule has 4 nitrogen and oxygen atoms in total. The van der Waals surface area contributed by atoms with Crippen molar-refractivity contribution >= 4 is 29.3 Å². The van der Waals surface area contributed by atoms with E-state index in [9.17, 15) is 4.79 Å². The van der Waals surface area contributed by atoms with E-state index in [0.29, 0.717) is 13.1 Å². The predicted octanol–water partition coefficient (Wildman–Crippen LogP) is 3.71. The van der Waals surface area contributed by atoms with E-state index in [2.05, 4.69) is 4.90 Å². The minimum absolute atomic E-state index is 0.0478. The van der Waals surface area contributed by atoms with Gasteiger partial charge in [0, 0.05) is 43.0 Å². The Balaban J connectivity index is 1.54. The quantitative estimate of drug-likeness (QED) is 0.783. The van der Waals surface area contributed by atoms with Crippen LogP contribution in [0, 0.1) is 0 Å². The molecule has 1 fully saturated rings.